The summed E-state index contributed by atoms with van der Waals surface area (Å²) < 4.78 is 6.96. The van der Waals surface area contributed by atoms with Crippen LogP contribution < -0.4 is 5.32 Å². The first kappa shape index (κ1) is 12.1. The van der Waals surface area contributed by atoms with Crippen LogP contribution in [0.5, 0.6) is 0 Å². The minimum atomic E-state index is 0.0229. The van der Waals surface area contributed by atoms with E-state index in [4.69, 9.17) is 4.74 Å². The van der Waals surface area contributed by atoms with Crippen LogP contribution in [0.1, 0.15) is 18.4 Å². The van der Waals surface area contributed by atoms with Gasteiger partial charge in [-0.25, -0.2) is 0 Å². The lowest BCUT2D eigenvalue weighted by molar-refractivity contribution is -0.0334. The molecule has 0 amide bonds. The van der Waals surface area contributed by atoms with Crippen molar-refractivity contribution < 1.29 is 4.74 Å². The molecule has 1 aliphatic heterocycles. The van der Waals surface area contributed by atoms with Crippen LogP contribution >= 0.6 is 15.9 Å². The van der Waals surface area contributed by atoms with Gasteiger partial charge >= 0.3 is 0 Å². The molecule has 2 nitrogen and oxygen atoms in total. The first-order valence-corrected chi connectivity index (χ1v) is 6.54. The lowest BCUT2D eigenvalue weighted by Crippen LogP contribution is -2.45. The van der Waals surface area contributed by atoms with Crippen LogP contribution in [0.3, 0.4) is 0 Å². The highest BCUT2D eigenvalue weighted by molar-refractivity contribution is 9.10. The Morgan fingerprint density at radius 2 is 2.00 bits per heavy atom. The Morgan fingerprint density at radius 3 is 2.62 bits per heavy atom. The molecule has 1 saturated heterocycles. The SMILES string of the molecule is COC1(Cc2ccccc2Br)CCNCC1. The highest BCUT2D eigenvalue weighted by atomic mass is 79.9. The summed E-state index contributed by atoms with van der Waals surface area (Å²) in [5, 5.41) is 3.38. The molecule has 0 aliphatic carbocycles. The van der Waals surface area contributed by atoms with Crippen molar-refractivity contribution in [3.63, 3.8) is 0 Å². The highest BCUT2D eigenvalue weighted by Gasteiger charge is 2.32. The molecule has 0 bridgehead atoms. The molecule has 0 unspecified atom stereocenters. The zero-order valence-electron chi connectivity index (χ0n) is 9.63. The van der Waals surface area contributed by atoms with Gasteiger partial charge in [0.1, 0.15) is 0 Å². The van der Waals surface area contributed by atoms with Crippen molar-refractivity contribution in [2.24, 2.45) is 0 Å². The summed E-state index contributed by atoms with van der Waals surface area (Å²) in [7, 11) is 1.84. The number of ether oxygens (including phenoxy) is 1. The van der Waals surface area contributed by atoms with E-state index in [-0.39, 0.29) is 5.60 Å². The summed E-state index contributed by atoms with van der Waals surface area (Å²) in [4.78, 5) is 0. The summed E-state index contributed by atoms with van der Waals surface area (Å²) in [6, 6.07) is 8.41. The standard InChI is InChI=1S/C13H18BrNO/c1-16-13(6-8-15-9-7-13)10-11-4-2-3-5-12(11)14/h2-5,15H,6-10H2,1H3. The molecule has 0 saturated carbocycles. The zero-order valence-corrected chi connectivity index (χ0v) is 11.2. The molecule has 1 N–H and O–H groups in total. The quantitative estimate of drug-likeness (QED) is 0.921. The molecule has 1 heterocycles. The first-order chi connectivity index (χ1) is 7.76. The number of nitrogens with one attached hydrogen (secondary N) is 1. The van der Waals surface area contributed by atoms with Gasteiger partial charge in [-0.3, -0.25) is 0 Å². The minimum absolute atomic E-state index is 0.0229. The predicted octanol–water partition coefficient (Wildman–Crippen LogP) is 2.76. The van der Waals surface area contributed by atoms with Crippen molar-refractivity contribution in [1.82, 2.24) is 5.32 Å². The zero-order chi connectivity index (χ0) is 11.4. The lowest BCUT2D eigenvalue weighted by Gasteiger charge is -2.36. The van der Waals surface area contributed by atoms with Crippen LogP contribution in [0.4, 0.5) is 0 Å². The Kier molecular flexibility index (Phi) is 4.00. The minimum Gasteiger partial charge on any atom is -0.378 e. The fraction of sp³-hybridized carbons (Fsp3) is 0.538. The number of hydrogen-bond donors (Lipinski definition) is 1. The third-order valence-corrected chi connectivity index (χ3v) is 4.19. The van der Waals surface area contributed by atoms with E-state index < -0.39 is 0 Å². The number of methoxy groups -OCH3 is 1. The van der Waals surface area contributed by atoms with E-state index >= 15 is 0 Å². The van der Waals surface area contributed by atoms with Crippen molar-refractivity contribution in [2.75, 3.05) is 20.2 Å². The third kappa shape index (κ3) is 2.65. The maximum atomic E-state index is 5.78. The van der Waals surface area contributed by atoms with Crippen molar-refractivity contribution in [3.05, 3.63) is 34.3 Å². The molecule has 1 fully saturated rings. The summed E-state index contributed by atoms with van der Waals surface area (Å²) in [6.45, 7) is 2.11. The van der Waals surface area contributed by atoms with Crippen LogP contribution in [0.25, 0.3) is 0 Å². The largest absolute Gasteiger partial charge is 0.378 e. The van der Waals surface area contributed by atoms with Crippen molar-refractivity contribution >= 4 is 15.9 Å². The van der Waals surface area contributed by atoms with E-state index in [1.54, 1.807) is 0 Å². The smallest absolute Gasteiger partial charge is 0.0743 e. The number of piperidine rings is 1. The Bertz CT molecular complexity index is 348. The summed E-state index contributed by atoms with van der Waals surface area (Å²) in [5.41, 5.74) is 1.36. The van der Waals surface area contributed by atoms with Gasteiger partial charge in [0.05, 0.1) is 5.60 Å². The van der Waals surface area contributed by atoms with E-state index in [0.29, 0.717) is 0 Å². The first-order valence-electron chi connectivity index (χ1n) is 5.75. The second kappa shape index (κ2) is 5.30. The summed E-state index contributed by atoms with van der Waals surface area (Å²) in [6.07, 6.45) is 3.17. The van der Waals surface area contributed by atoms with Gasteiger partial charge < -0.3 is 10.1 Å². The van der Waals surface area contributed by atoms with Crippen molar-refractivity contribution in [1.29, 1.82) is 0 Å². The molecule has 88 valence electrons. The van der Waals surface area contributed by atoms with Crippen molar-refractivity contribution in [3.8, 4) is 0 Å². The van der Waals surface area contributed by atoms with Crippen LogP contribution in [0.2, 0.25) is 0 Å². The van der Waals surface area contributed by atoms with E-state index in [2.05, 4.69) is 45.5 Å². The van der Waals surface area contributed by atoms with Gasteiger partial charge in [0.25, 0.3) is 0 Å². The highest BCUT2D eigenvalue weighted by Crippen LogP contribution is 2.29. The van der Waals surface area contributed by atoms with Gasteiger partial charge in [0.2, 0.25) is 0 Å². The molecule has 1 aromatic rings. The average Bonchev–Trinajstić information content (AvgIpc) is 2.33. The second-order valence-electron chi connectivity index (χ2n) is 4.41. The Hall–Kier alpha value is -0.380. The van der Waals surface area contributed by atoms with Gasteiger partial charge in [-0.15, -0.1) is 0 Å². The van der Waals surface area contributed by atoms with Crippen LogP contribution in [-0.4, -0.2) is 25.8 Å². The van der Waals surface area contributed by atoms with Crippen LogP contribution in [0.15, 0.2) is 28.7 Å². The maximum Gasteiger partial charge on any atom is 0.0743 e. The Balaban J connectivity index is 2.15. The Labute approximate surface area is 106 Å². The van der Waals surface area contributed by atoms with E-state index in [0.717, 1.165) is 32.4 Å². The lowest BCUT2D eigenvalue weighted by atomic mass is 9.86. The number of halogens is 1. The fourth-order valence-electron chi connectivity index (χ4n) is 2.32. The second-order valence-corrected chi connectivity index (χ2v) is 5.26. The van der Waals surface area contributed by atoms with E-state index in [1.807, 2.05) is 7.11 Å². The van der Waals surface area contributed by atoms with Gasteiger partial charge in [-0.05, 0) is 37.6 Å². The number of hydrogen-bond acceptors (Lipinski definition) is 2. The van der Waals surface area contributed by atoms with Gasteiger partial charge in [-0.1, -0.05) is 34.1 Å². The van der Waals surface area contributed by atoms with Gasteiger partial charge in [-0.2, -0.15) is 0 Å². The molecular formula is C13H18BrNO. The topological polar surface area (TPSA) is 21.3 Å². The molecule has 16 heavy (non-hydrogen) atoms. The van der Waals surface area contributed by atoms with Gasteiger partial charge in [0.15, 0.2) is 0 Å². The molecule has 2 rings (SSSR count). The van der Waals surface area contributed by atoms with Gasteiger partial charge in [0, 0.05) is 18.0 Å². The van der Waals surface area contributed by atoms with E-state index in [9.17, 15) is 0 Å². The molecule has 1 aromatic carbocycles. The Morgan fingerprint density at radius 1 is 1.31 bits per heavy atom. The monoisotopic (exact) mass is 283 g/mol. The molecule has 3 heteroatoms. The number of rotatable bonds is 3. The number of benzene rings is 1. The summed E-state index contributed by atoms with van der Waals surface area (Å²) >= 11 is 3.61. The molecule has 0 spiro atoms. The third-order valence-electron chi connectivity index (χ3n) is 3.42. The summed E-state index contributed by atoms with van der Waals surface area (Å²) in [5.74, 6) is 0. The molecule has 1 aliphatic rings. The van der Waals surface area contributed by atoms with Crippen molar-refractivity contribution in [2.45, 2.75) is 24.9 Å². The maximum absolute atomic E-state index is 5.78. The average molecular weight is 284 g/mol. The van der Waals surface area contributed by atoms with Crippen LogP contribution in [0, 0.1) is 0 Å². The predicted molar refractivity (Wildman–Crippen MR) is 69.7 cm³/mol. The molecular weight excluding hydrogens is 266 g/mol. The van der Waals surface area contributed by atoms with Crippen LogP contribution in [-0.2, 0) is 11.2 Å². The normalized spacial score (nSPS) is 19.6. The molecule has 0 radical (unpaired) electrons. The molecule has 0 atom stereocenters. The molecule has 0 aromatic heterocycles. The van der Waals surface area contributed by atoms with E-state index in [1.165, 1.54) is 10.0 Å². The fourth-order valence-corrected chi connectivity index (χ4v) is 2.75.